The van der Waals surface area contributed by atoms with E-state index < -0.39 is 0 Å². The van der Waals surface area contributed by atoms with Crippen LogP contribution in [0.5, 0.6) is 0 Å². The molecule has 0 spiro atoms. The van der Waals surface area contributed by atoms with Gasteiger partial charge in [-0.1, -0.05) is 24.9 Å². The number of nitrogens with one attached hydrogen (secondary N) is 1. The molecule has 0 radical (unpaired) electrons. The van der Waals surface area contributed by atoms with E-state index in [1.165, 1.54) is 25.7 Å². The Hall–Kier alpha value is -1.56. The zero-order valence-electron chi connectivity index (χ0n) is 13.4. The fourth-order valence-electron chi connectivity index (χ4n) is 3.46. The molecular formula is C16H26N4O2. The molecule has 0 bridgehead atoms. The van der Waals surface area contributed by atoms with Crippen LogP contribution in [-0.4, -0.2) is 53.7 Å². The van der Waals surface area contributed by atoms with Gasteiger partial charge in [0.15, 0.2) is 0 Å². The second-order valence-electron chi connectivity index (χ2n) is 6.93. The average Bonchev–Trinajstić information content (AvgIpc) is 3.18. The third-order valence-electron chi connectivity index (χ3n) is 5.01. The van der Waals surface area contributed by atoms with Crippen molar-refractivity contribution in [2.24, 2.45) is 5.41 Å². The Balaban J connectivity index is 1.40. The van der Waals surface area contributed by atoms with Crippen molar-refractivity contribution in [3.05, 3.63) is 18.0 Å². The number of carbonyl (C=O) groups excluding carboxylic acids is 1. The number of rotatable bonds is 4. The van der Waals surface area contributed by atoms with Crippen LogP contribution in [-0.2, 0) is 6.54 Å². The number of piperazine rings is 1. The van der Waals surface area contributed by atoms with E-state index >= 15 is 0 Å². The van der Waals surface area contributed by atoms with Crippen molar-refractivity contribution in [2.75, 3.05) is 32.7 Å². The van der Waals surface area contributed by atoms with Gasteiger partial charge in [0.1, 0.15) is 6.26 Å². The van der Waals surface area contributed by atoms with Crippen molar-refractivity contribution in [3.63, 3.8) is 0 Å². The minimum atomic E-state index is 0.0919. The Morgan fingerprint density at radius 2 is 2.05 bits per heavy atom. The Morgan fingerprint density at radius 1 is 1.32 bits per heavy atom. The number of urea groups is 1. The maximum Gasteiger partial charge on any atom is 0.317 e. The summed E-state index contributed by atoms with van der Waals surface area (Å²) in [5.41, 5.74) is 1.26. The second-order valence-corrected chi connectivity index (χ2v) is 6.93. The third-order valence-corrected chi connectivity index (χ3v) is 5.01. The summed E-state index contributed by atoms with van der Waals surface area (Å²) in [7, 11) is 0. The van der Waals surface area contributed by atoms with Gasteiger partial charge in [0, 0.05) is 45.3 Å². The predicted octanol–water partition coefficient (Wildman–Crippen LogP) is 2.08. The Bertz CT molecular complexity index is 474. The van der Waals surface area contributed by atoms with Crippen molar-refractivity contribution in [3.8, 4) is 0 Å². The van der Waals surface area contributed by atoms with Crippen molar-refractivity contribution < 1.29 is 9.32 Å². The monoisotopic (exact) mass is 306 g/mol. The van der Waals surface area contributed by atoms with Gasteiger partial charge in [0.2, 0.25) is 0 Å². The molecule has 2 aliphatic rings. The fraction of sp³-hybridized carbons (Fsp3) is 0.750. The number of hydrogen-bond donors (Lipinski definition) is 1. The van der Waals surface area contributed by atoms with Crippen LogP contribution >= 0.6 is 0 Å². The van der Waals surface area contributed by atoms with E-state index in [1.807, 2.05) is 11.0 Å². The quantitative estimate of drug-likeness (QED) is 0.925. The molecule has 1 saturated heterocycles. The first kappa shape index (κ1) is 15.3. The third kappa shape index (κ3) is 3.80. The SMILES string of the molecule is CC1(CNC(=O)N2CCN(Cc3ccon3)CC2)CCCC1. The van der Waals surface area contributed by atoms with Gasteiger partial charge in [-0.2, -0.15) is 0 Å². The van der Waals surface area contributed by atoms with Crippen LogP contribution in [0.1, 0.15) is 38.3 Å². The van der Waals surface area contributed by atoms with Crippen molar-refractivity contribution in [1.29, 1.82) is 0 Å². The number of amides is 2. The van der Waals surface area contributed by atoms with Gasteiger partial charge < -0.3 is 14.7 Å². The second kappa shape index (κ2) is 6.69. The topological polar surface area (TPSA) is 61.6 Å². The van der Waals surface area contributed by atoms with Crippen LogP contribution in [0.15, 0.2) is 16.9 Å². The minimum absolute atomic E-state index is 0.0919. The molecule has 6 heteroatoms. The summed E-state index contributed by atoms with van der Waals surface area (Å²) < 4.78 is 4.85. The summed E-state index contributed by atoms with van der Waals surface area (Å²) in [4.78, 5) is 16.5. The molecule has 6 nitrogen and oxygen atoms in total. The molecule has 2 amide bonds. The summed E-state index contributed by atoms with van der Waals surface area (Å²) >= 11 is 0. The fourth-order valence-corrected chi connectivity index (χ4v) is 3.46. The van der Waals surface area contributed by atoms with E-state index in [9.17, 15) is 4.79 Å². The Labute approximate surface area is 131 Å². The smallest absolute Gasteiger partial charge is 0.317 e. The molecule has 3 rings (SSSR count). The molecule has 1 aromatic heterocycles. The average molecular weight is 306 g/mol. The van der Waals surface area contributed by atoms with Crippen LogP contribution in [0.3, 0.4) is 0 Å². The largest absolute Gasteiger partial charge is 0.364 e. The van der Waals surface area contributed by atoms with Gasteiger partial charge in [-0.3, -0.25) is 4.90 Å². The highest BCUT2D eigenvalue weighted by Gasteiger charge is 2.30. The molecule has 122 valence electrons. The van der Waals surface area contributed by atoms with E-state index in [1.54, 1.807) is 6.26 Å². The zero-order chi connectivity index (χ0) is 15.4. The van der Waals surface area contributed by atoms with E-state index in [0.717, 1.165) is 45.0 Å². The summed E-state index contributed by atoms with van der Waals surface area (Å²) in [5.74, 6) is 0. The first-order valence-electron chi connectivity index (χ1n) is 8.29. The van der Waals surface area contributed by atoms with Crippen molar-refractivity contribution in [1.82, 2.24) is 20.3 Å². The Kier molecular flexibility index (Phi) is 4.66. The van der Waals surface area contributed by atoms with Crippen LogP contribution in [0.25, 0.3) is 0 Å². The number of aromatic nitrogens is 1. The first-order chi connectivity index (χ1) is 10.6. The van der Waals surface area contributed by atoms with Gasteiger partial charge >= 0.3 is 6.03 Å². The van der Waals surface area contributed by atoms with E-state index in [-0.39, 0.29) is 6.03 Å². The highest BCUT2D eigenvalue weighted by Crippen LogP contribution is 2.36. The highest BCUT2D eigenvalue weighted by molar-refractivity contribution is 5.74. The summed E-state index contributed by atoms with van der Waals surface area (Å²) in [6.45, 7) is 7.22. The van der Waals surface area contributed by atoms with Crippen LogP contribution in [0.2, 0.25) is 0 Å². The highest BCUT2D eigenvalue weighted by atomic mass is 16.5. The van der Waals surface area contributed by atoms with Crippen LogP contribution in [0, 0.1) is 5.41 Å². The minimum Gasteiger partial charge on any atom is -0.364 e. The van der Waals surface area contributed by atoms with Gasteiger partial charge in [-0.25, -0.2) is 4.79 Å². The molecule has 2 heterocycles. The molecule has 22 heavy (non-hydrogen) atoms. The molecule has 1 N–H and O–H groups in total. The summed E-state index contributed by atoms with van der Waals surface area (Å²) in [6, 6.07) is 1.98. The molecule has 1 saturated carbocycles. The van der Waals surface area contributed by atoms with E-state index in [4.69, 9.17) is 4.52 Å². The Morgan fingerprint density at radius 3 is 2.68 bits per heavy atom. The van der Waals surface area contributed by atoms with Crippen LogP contribution in [0.4, 0.5) is 4.79 Å². The van der Waals surface area contributed by atoms with Gasteiger partial charge in [0.05, 0.1) is 5.69 Å². The molecule has 2 fully saturated rings. The van der Waals surface area contributed by atoms with Gasteiger partial charge in [-0.15, -0.1) is 0 Å². The molecule has 1 aliphatic carbocycles. The molecule has 1 aliphatic heterocycles. The lowest BCUT2D eigenvalue weighted by molar-refractivity contribution is 0.131. The molecular weight excluding hydrogens is 280 g/mol. The molecule has 0 atom stereocenters. The van der Waals surface area contributed by atoms with Gasteiger partial charge in [-0.05, 0) is 18.3 Å². The van der Waals surface area contributed by atoms with Gasteiger partial charge in [0.25, 0.3) is 0 Å². The van der Waals surface area contributed by atoms with Crippen molar-refractivity contribution >= 4 is 6.03 Å². The lowest BCUT2D eigenvalue weighted by Crippen LogP contribution is -2.52. The molecule has 1 aromatic rings. The number of carbonyl (C=O) groups is 1. The lowest BCUT2D eigenvalue weighted by atomic mass is 9.89. The summed E-state index contributed by atoms with van der Waals surface area (Å²) in [5, 5.41) is 7.07. The summed E-state index contributed by atoms with van der Waals surface area (Å²) in [6.07, 6.45) is 6.67. The molecule has 0 aromatic carbocycles. The zero-order valence-corrected chi connectivity index (χ0v) is 13.4. The molecule has 0 unspecified atom stereocenters. The maximum absolute atomic E-state index is 12.3. The lowest BCUT2D eigenvalue weighted by Gasteiger charge is -2.35. The predicted molar refractivity (Wildman–Crippen MR) is 83.3 cm³/mol. The standard InChI is InChI=1S/C16H26N4O2/c1-16(5-2-3-6-16)13-17-15(21)20-9-7-19(8-10-20)12-14-4-11-22-18-14/h4,11H,2-3,5-10,12-13H2,1H3,(H,17,21). The van der Waals surface area contributed by atoms with Crippen molar-refractivity contribution in [2.45, 2.75) is 39.2 Å². The van der Waals surface area contributed by atoms with Crippen LogP contribution < -0.4 is 5.32 Å². The first-order valence-corrected chi connectivity index (χ1v) is 8.29. The maximum atomic E-state index is 12.3. The van der Waals surface area contributed by atoms with E-state index in [0.29, 0.717) is 5.41 Å². The number of nitrogens with zero attached hydrogens (tertiary/aromatic N) is 3. The van der Waals surface area contributed by atoms with E-state index in [2.05, 4.69) is 22.3 Å². The number of hydrogen-bond acceptors (Lipinski definition) is 4. The normalized spacial score (nSPS) is 22.0.